The average Bonchev–Trinajstić information content (AvgIpc) is 2.30. The van der Waals surface area contributed by atoms with Gasteiger partial charge in [0.1, 0.15) is 11.9 Å². The molecule has 1 amide bonds. The van der Waals surface area contributed by atoms with Crippen LogP contribution in [0.2, 0.25) is 0 Å². The van der Waals surface area contributed by atoms with Crippen LogP contribution in [0.25, 0.3) is 0 Å². The Bertz CT molecular complexity index is 380. The summed E-state index contributed by atoms with van der Waals surface area (Å²) in [6, 6.07) is 2.85. The van der Waals surface area contributed by atoms with Crippen molar-refractivity contribution in [2.45, 2.75) is 6.04 Å². The molecule has 1 aromatic heterocycles. The van der Waals surface area contributed by atoms with Gasteiger partial charge in [-0.15, -0.1) is 10.2 Å². The number of anilines is 2. The van der Waals surface area contributed by atoms with Gasteiger partial charge < -0.3 is 21.1 Å². The van der Waals surface area contributed by atoms with E-state index in [1.807, 2.05) is 0 Å². The number of nitrogens with zero attached hydrogens (tertiary/aromatic N) is 3. The highest BCUT2D eigenvalue weighted by atomic mass is 16.5. The Balaban J connectivity index is 2.23. The molecule has 1 saturated heterocycles. The maximum Gasteiger partial charge on any atom is 0.242 e. The minimum atomic E-state index is -0.494. The van der Waals surface area contributed by atoms with Gasteiger partial charge in [-0.3, -0.25) is 4.79 Å². The minimum Gasteiger partial charge on any atom is -0.382 e. The summed E-state index contributed by atoms with van der Waals surface area (Å²) in [5.74, 6) is 0.493. The van der Waals surface area contributed by atoms with Crippen molar-refractivity contribution < 1.29 is 9.53 Å². The van der Waals surface area contributed by atoms with E-state index in [9.17, 15) is 4.79 Å². The third kappa shape index (κ3) is 2.03. The Morgan fingerprint density at radius 3 is 2.94 bits per heavy atom. The number of rotatable bonds is 2. The van der Waals surface area contributed by atoms with Gasteiger partial charge in [-0.05, 0) is 12.1 Å². The predicted octanol–water partition coefficient (Wildman–Crippen LogP) is -1.25. The monoisotopic (exact) mass is 223 g/mol. The second-order valence-electron chi connectivity index (χ2n) is 3.50. The standard InChI is InChI=1S/C9H13N5O2/c10-7-1-2-8(13-12-7)14-3-4-16-5-6(14)9(11)15/h1-2,6H,3-5H2,(H2,10,12)(H2,11,15). The zero-order valence-electron chi connectivity index (χ0n) is 8.67. The molecule has 1 aromatic rings. The maximum atomic E-state index is 11.2. The SMILES string of the molecule is NC(=O)C1COCCN1c1ccc(N)nn1. The Labute approximate surface area is 92.4 Å². The van der Waals surface area contributed by atoms with Crippen LogP contribution in [0.3, 0.4) is 0 Å². The molecule has 7 heteroatoms. The number of morpholine rings is 1. The number of ether oxygens (including phenoxy) is 1. The summed E-state index contributed by atoms with van der Waals surface area (Å²) in [5.41, 5.74) is 10.7. The molecule has 2 rings (SSSR count). The van der Waals surface area contributed by atoms with E-state index in [-0.39, 0.29) is 6.61 Å². The van der Waals surface area contributed by atoms with Crippen LogP contribution in [0.1, 0.15) is 0 Å². The number of nitrogen functional groups attached to an aromatic ring is 1. The third-order valence-corrected chi connectivity index (χ3v) is 2.42. The first-order valence-corrected chi connectivity index (χ1v) is 4.91. The maximum absolute atomic E-state index is 11.2. The Kier molecular flexibility index (Phi) is 2.86. The number of amides is 1. The van der Waals surface area contributed by atoms with E-state index >= 15 is 0 Å². The molecular formula is C9H13N5O2. The fourth-order valence-electron chi connectivity index (χ4n) is 1.60. The normalized spacial score (nSPS) is 20.8. The summed E-state index contributed by atoms with van der Waals surface area (Å²) in [6.45, 7) is 1.38. The van der Waals surface area contributed by atoms with Crippen molar-refractivity contribution in [1.29, 1.82) is 0 Å². The van der Waals surface area contributed by atoms with Crippen LogP contribution < -0.4 is 16.4 Å². The van der Waals surface area contributed by atoms with Gasteiger partial charge in [-0.25, -0.2) is 0 Å². The smallest absolute Gasteiger partial charge is 0.242 e. The van der Waals surface area contributed by atoms with Crippen LogP contribution in [-0.2, 0) is 9.53 Å². The van der Waals surface area contributed by atoms with E-state index in [1.165, 1.54) is 0 Å². The zero-order valence-corrected chi connectivity index (χ0v) is 8.67. The summed E-state index contributed by atoms with van der Waals surface area (Å²) < 4.78 is 5.20. The van der Waals surface area contributed by atoms with Crippen molar-refractivity contribution in [3.8, 4) is 0 Å². The minimum absolute atomic E-state index is 0.279. The average molecular weight is 223 g/mol. The summed E-state index contributed by atoms with van der Waals surface area (Å²) in [6.07, 6.45) is 0. The summed E-state index contributed by atoms with van der Waals surface area (Å²) >= 11 is 0. The molecule has 16 heavy (non-hydrogen) atoms. The fourth-order valence-corrected chi connectivity index (χ4v) is 1.60. The molecule has 0 radical (unpaired) electrons. The van der Waals surface area contributed by atoms with E-state index in [0.717, 1.165) is 0 Å². The second kappa shape index (κ2) is 4.31. The van der Waals surface area contributed by atoms with Gasteiger partial charge in [-0.1, -0.05) is 0 Å². The van der Waals surface area contributed by atoms with E-state index < -0.39 is 11.9 Å². The molecule has 1 unspecified atom stereocenters. The molecule has 1 aliphatic heterocycles. The number of hydrogen-bond donors (Lipinski definition) is 2. The number of carbonyl (C=O) groups is 1. The first-order chi connectivity index (χ1) is 7.68. The van der Waals surface area contributed by atoms with Crippen molar-refractivity contribution >= 4 is 17.5 Å². The van der Waals surface area contributed by atoms with Gasteiger partial charge in [0.25, 0.3) is 0 Å². The fraction of sp³-hybridized carbons (Fsp3) is 0.444. The molecule has 1 aliphatic rings. The van der Waals surface area contributed by atoms with E-state index in [0.29, 0.717) is 24.8 Å². The van der Waals surface area contributed by atoms with Gasteiger partial charge >= 0.3 is 0 Å². The summed E-state index contributed by atoms with van der Waals surface area (Å²) in [4.78, 5) is 13.0. The van der Waals surface area contributed by atoms with E-state index in [1.54, 1.807) is 17.0 Å². The van der Waals surface area contributed by atoms with Crippen LogP contribution in [0.5, 0.6) is 0 Å². The first kappa shape index (κ1) is 10.6. The lowest BCUT2D eigenvalue weighted by Gasteiger charge is -2.33. The Morgan fingerprint density at radius 1 is 1.50 bits per heavy atom. The van der Waals surface area contributed by atoms with Crippen molar-refractivity contribution in [3.63, 3.8) is 0 Å². The van der Waals surface area contributed by atoms with Crippen molar-refractivity contribution in [2.24, 2.45) is 5.73 Å². The molecule has 7 nitrogen and oxygen atoms in total. The van der Waals surface area contributed by atoms with Crippen LogP contribution in [0, 0.1) is 0 Å². The largest absolute Gasteiger partial charge is 0.382 e. The highest BCUT2D eigenvalue weighted by Crippen LogP contribution is 2.16. The third-order valence-electron chi connectivity index (χ3n) is 2.42. The highest BCUT2D eigenvalue weighted by molar-refractivity contribution is 5.83. The molecule has 0 saturated carbocycles. The van der Waals surface area contributed by atoms with Gasteiger partial charge in [0.2, 0.25) is 5.91 Å². The van der Waals surface area contributed by atoms with Gasteiger partial charge in [0.15, 0.2) is 5.82 Å². The predicted molar refractivity (Wildman–Crippen MR) is 57.6 cm³/mol. The van der Waals surface area contributed by atoms with E-state index in [4.69, 9.17) is 16.2 Å². The molecule has 0 bridgehead atoms. The van der Waals surface area contributed by atoms with Crippen LogP contribution in [0.15, 0.2) is 12.1 Å². The number of carbonyl (C=O) groups excluding carboxylic acids is 1. The number of primary amides is 1. The number of nitrogens with two attached hydrogens (primary N) is 2. The lowest BCUT2D eigenvalue weighted by Crippen LogP contribution is -2.53. The molecule has 1 atom stereocenters. The molecule has 0 aliphatic carbocycles. The molecular weight excluding hydrogens is 210 g/mol. The molecule has 0 spiro atoms. The lowest BCUT2D eigenvalue weighted by molar-refractivity contribution is -0.121. The Hall–Kier alpha value is -1.89. The van der Waals surface area contributed by atoms with Gasteiger partial charge in [0, 0.05) is 6.54 Å². The lowest BCUT2D eigenvalue weighted by atomic mass is 10.2. The van der Waals surface area contributed by atoms with Crippen molar-refractivity contribution in [1.82, 2.24) is 10.2 Å². The Morgan fingerprint density at radius 2 is 2.31 bits per heavy atom. The summed E-state index contributed by atoms with van der Waals surface area (Å²) in [7, 11) is 0. The molecule has 1 fully saturated rings. The van der Waals surface area contributed by atoms with Crippen LogP contribution in [0.4, 0.5) is 11.6 Å². The van der Waals surface area contributed by atoms with Crippen LogP contribution >= 0.6 is 0 Å². The number of hydrogen-bond acceptors (Lipinski definition) is 6. The molecule has 4 N–H and O–H groups in total. The van der Waals surface area contributed by atoms with Crippen molar-refractivity contribution in [3.05, 3.63) is 12.1 Å². The molecule has 0 aromatic carbocycles. The van der Waals surface area contributed by atoms with E-state index in [2.05, 4.69) is 10.2 Å². The van der Waals surface area contributed by atoms with Gasteiger partial charge in [0.05, 0.1) is 13.2 Å². The first-order valence-electron chi connectivity index (χ1n) is 4.91. The quantitative estimate of drug-likeness (QED) is 0.648. The highest BCUT2D eigenvalue weighted by Gasteiger charge is 2.28. The van der Waals surface area contributed by atoms with Crippen molar-refractivity contribution in [2.75, 3.05) is 30.4 Å². The summed E-state index contributed by atoms with van der Waals surface area (Å²) in [5, 5.41) is 7.66. The van der Waals surface area contributed by atoms with Gasteiger partial charge in [-0.2, -0.15) is 0 Å². The zero-order chi connectivity index (χ0) is 11.5. The topological polar surface area (TPSA) is 107 Å². The molecule has 2 heterocycles. The molecule has 86 valence electrons. The van der Waals surface area contributed by atoms with Crippen LogP contribution in [-0.4, -0.2) is 41.9 Å². The second-order valence-corrected chi connectivity index (χ2v) is 3.50. The number of aromatic nitrogens is 2.